The van der Waals surface area contributed by atoms with E-state index in [1.54, 1.807) is 12.1 Å². The number of hydrogen-bond donors (Lipinski definition) is 1. The van der Waals surface area contributed by atoms with E-state index in [1.165, 1.54) is 12.1 Å². The van der Waals surface area contributed by atoms with Crippen LogP contribution in [0.1, 0.15) is 24.4 Å². The number of carbonyl (C=O) groups excluding carboxylic acids is 1. The van der Waals surface area contributed by atoms with Gasteiger partial charge in [-0.25, -0.2) is 12.8 Å². The van der Waals surface area contributed by atoms with E-state index in [2.05, 4.69) is 5.32 Å². The van der Waals surface area contributed by atoms with Crippen LogP contribution in [0.25, 0.3) is 0 Å². The molecule has 1 aromatic carbocycles. The van der Waals surface area contributed by atoms with E-state index in [9.17, 15) is 17.6 Å². The highest BCUT2D eigenvalue weighted by Gasteiger charge is 2.33. The van der Waals surface area contributed by atoms with Gasteiger partial charge in [-0.2, -0.15) is 0 Å². The Morgan fingerprint density at radius 3 is 2.76 bits per heavy atom. The van der Waals surface area contributed by atoms with Crippen molar-refractivity contribution in [3.63, 3.8) is 0 Å². The minimum Gasteiger partial charge on any atom is -0.379 e. The maximum Gasteiger partial charge on any atom is 0.242 e. The zero-order chi connectivity index (χ0) is 17.9. The van der Waals surface area contributed by atoms with Crippen LogP contribution in [-0.4, -0.2) is 63.1 Å². The van der Waals surface area contributed by atoms with Gasteiger partial charge in [-0.15, -0.1) is 0 Å². The number of ether oxygens (including phenoxy) is 1. The molecular formula is C17H23FN2O4S. The number of nitrogens with one attached hydrogen (secondary N) is 1. The molecule has 1 amide bonds. The SMILES string of the molecule is O=C(NC1CCCS(=O)(=O)C1)C(c1cccc(F)c1)N1CCOCC1. The summed E-state index contributed by atoms with van der Waals surface area (Å²) in [6.45, 7) is 2.16. The molecule has 3 rings (SSSR count). The number of sulfone groups is 1. The summed E-state index contributed by atoms with van der Waals surface area (Å²) in [5.41, 5.74) is 0.568. The minimum atomic E-state index is -3.11. The maximum absolute atomic E-state index is 13.7. The van der Waals surface area contributed by atoms with Crippen LogP contribution >= 0.6 is 0 Å². The lowest BCUT2D eigenvalue weighted by Gasteiger charge is -2.35. The van der Waals surface area contributed by atoms with Crippen molar-refractivity contribution >= 4 is 15.7 Å². The molecule has 2 heterocycles. The molecule has 1 aromatic rings. The largest absolute Gasteiger partial charge is 0.379 e. The van der Waals surface area contributed by atoms with E-state index < -0.39 is 21.7 Å². The molecule has 0 spiro atoms. The summed E-state index contributed by atoms with van der Waals surface area (Å²) in [5, 5.41) is 2.87. The predicted molar refractivity (Wildman–Crippen MR) is 91.4 cm³/mol. The number of benzene rings is 1. The molecule has 2 saturated heterocycles. The fraction of sp³-hybridized carbons (Fsp3) is 0.588. The molecule has 0 saturated carbocycles. The zero-order valence-corrected chi connectivity index (χ0v) is 14.8. The van der Waals surface area contributed by atoms with Crippen LogP contribution in [0.2, 0.25) is 0 Å². The Hall–Kier alpha value is -1.51. The molecule has 8 heteroatoms. The normalized spacial score (nSPS) is 25.2. The molecule has 0 bridgehead atoms. The number of hydrogen-bond acceptors (Lipinski definition) is 5. The summed E-state index contributed by atoms with van der Waals surface area (Å²) in [4.78, 5) is 14.9. The van der Waals surface area contributed by atoms with Crippen molar-refractivity contribution in [2.45, 2.75) is 24.9 Å². The molecule has 0 radical (unpaired) electrons. The van der Waals surface area contributed by atoms with Crippen molar-refractivity contribution in [3.8, 4) is 0 Å². The highest BCUT2D eigenvalue weighted by Crippen LogP contribution is 2.24. The molecule has 2 aliphatic rings. The molecule has 2 aliphatic heterocycles. The highest BCUT2D eigenvalue weighted by atomic mass is 32.2. The molecule has 0 aromatic heterocycles. The third-order valence-corrected chi connectivity index (χ3v) is 6.45. The summed E-state index contributed by atoms with van der Waals surface area (Å²) in [6.07, 6.45) is 1.19. The van der Waals surface area contributed by atoms with Crippen molar-refractivity contribution in [3.05, 3.63) is 35.6 Å². The number of carbonyl (C=O) groups is 1. The van der Waals surface area contributed by atoms with Gasteiger partial charge in [0.25, 0.3) is 0 Å². The summed E-state index contributed by atoms with van der Waals surface area (Å²) >= 11 is 0. The van der Waals surface area contributed by atoms with Gasteiger partial charge in [-0.05, 0) is 30.5 Å². The number of halogens is 1. The third-order valence-electron chi connectivity index (χ3n) is 4.63. The van der Waals surface area contributed by atoms with E-state index in [4.69, 9.17) is 4.74 Å². The van der Waals surface area contributed by atoms with E-state index in [0.717, 1.165) is 0 Å². The van der Waals surface area contributed by atoms with Crippen molar-refractivity contribution in [1.82, 2.24) is 10.2 Å². The molecule has 6 nitrogen and oxygen atoms in total. The quantitative estimate of drug-likeness (QED) is 0.852. The predicted octanol–water partition coefficient (Wildman–Crippen LogP) is 0.892. The number of morpholine rings is 1. The lowest BCUT2D eigenvalue weighted by molar-refractivity contribution is -0.129. The minimum absolute atomic E-state index is 0.0300. The molecule has 25 heavy (non-hydrogen) atoms. The maximum atomic E-state index is 13.7. The van der Waals surface area contributed by atoms with Gasteiger partial charge in [0, 0.05) is 19.1 Å². The molecule has 1 N–H and O–H groups in total. The molecule has 0 aliphatic carbocycles. The lowest BCUT2D eigenvalue weighted by atomic mass is 10.0. The lowest BCUT2D eigenvalue weighted by Crippen LogP contribution is -2.50. The average Bonchev–Trinajstić information content (AvgIpc) is 2.55. The first kappa shape index (κ1) is 18.3. The summed E-state index contributed by atoms with van der Waals surface area (Å²) in [7, 11) is -3.11. The average molecular weight is 370 g/mol. The number of rotatable bonds is 4. The van der Waals surface area contributed by atoms with E-state index in [1.807, 2.05) is 4.90 Å². The Bertz CT molecular complexity index is 719. The summed E-state index contributed by atoms with van der Waals surface area (Å²) < 4.78 is 42.6. The van der Waals surface area contributed by atoms with Gasteiger partial charge in [-0.1, -0.05) is 12.1 Å². The topological polar surface area (TPSA) is 75.7 Å². The van der Waals surface area contributed by atoms with Crippen LogP contribution in [0.15, 0.2) is 24.3 Å². The van der Waals surface area contributed by atoms with Crippen molar-refractivity contribution in [2.75, 3.05) is 37.8 Å². The molecule has 138 valence electrons. The molecule has 2 atom stereocenters. The van der Waals surface area contributed by atoms with Gasteiger partial charge in [0.05, 0.1) is 24.7 Å². The molecule has 2 fully saturated rings. The Balaban J connectivity index is 1.79. The van der Waals surface area contributed by atoms with Crippen LogP contribution < -0.4 is 5.32 Å². The Morgan fingerprint density at radius 2 is 2.08 bits per heavy atom. The van der Waals surface area contributed by atoms with E-state index in [0.29, 0.717) is 44.7 Å². The van der Waals surface area contributed by atoms with Crippen LogP contribution in [0, 0.1) is 5.82 Å². The Labute approximate surface area is 147 Å². The zero-order valence-electron chi connectivity index (χ0n) is 14.0. The summed E-state index contributed by atoms with van der Waals surface area (Å²) in [5.74, 6) is -0.535. The van der Waals surface area contributed by atoms with Crippen molar-refractivity contribution in [2.24, 2.45) is 0 Å². The molecule has 2 unspecified atom stereocenters. The van der Waals surface area contributed by atoms with Gasteiger partial charge >= 0.3 is 0 Å². The number of amides is 1. The first-order valence-corrected chi connectivity index (χ1v) is 10.3. The summed E-state index contributed by atoms with van der Waals surface area (Å²) in [6, 6.07) is 4.97. The highest BCUT2D eigenvalue weighted by molar-refractivity contribution is 7.91. The van der Waals surface area contributed by atoms with Gasteiger partial charge in [0.2, 0.25) is 5.91 Å². The first-order valence-electron chi connectivity index (χ1n) is 8.53. The van der Waals surface area contributed by atoms with E-state index in [-0.39, 0.29) is 23.5 Å². The second-order valence-electron chi connectivity index (χ2n) is 6.57. The monoisotopic (exact) mass is 370 g/mol. The Morgan fingerprint density at radius 1 is 1.32 bits per heavy atom. The molecular weight excluding hydrogens is 347 g/mol. The second kappa shape index (κ2) is 7.80. The van der Waals surface area contributed by atoms with Crippen molar-refractivity contribution in [1.29, 1.82) is 0 Å². The first-order chi connectivity index (χ1) is 11.9. The van der Waals surface area contributed by atoms with Gasteiger partial charge in [0.15, 0.2) is 9.84 Å². The standard InChI is InChI=1S/C17H23FN2O4S/c18-14-4-1-3-13(11-14)16(20-6-8-24-9-7-20)17(21)19-15-5-2-10-25(22,23)12-15/h1,3-4,11,15-16H,2,5-10,12H2,(H,19,21). The third kappa shape index (κ3) is 4.77. The second-order valence-corrected chi connectivity index (χ2v) is 8.80. The Kier molecular flexibility index (Phi) is 5.71. The van der Waals surface area contributed by atoms with Gasteiger partial charge in [0.1, 0.15) is 11.9 Å². The van der Waals surface area contributed by atoms with Crippen LogP contribution in [0.3, 0.4) is 0 Å². The van der Waals surface area contributed by atoms with Gasteiger partial charge < -0.3 is 10.1 Å². The van der Waals surface area contributed by atoms with Crippen LogP contribution in [0.4, 0.5) is 4.39 Å². The van der Waals surface area contributed by atoms with Crippen molar-refractivity contribution < 1.29 is 22.3 Å². The number of nitrogens with zero attached hydrogens (tertiary/aromatic N) is 1. The fourth-order valence-electron chi connectivity index (χ4n) is 3.46. The smallest absolute Gasteiger partial charge is 0.242 e. The van der Waals surface area contributed by atoms with Crippen LogP contribution in [0.5, 0.6) is 0 Å². The fourth-order valence-corrected chi connectivity index (χ4v) is 5.09. The van der Waals surface area contributed by atoms with E-state index >= 15 is 0 Å². The van der Waals surface area contributed by atoms with Gasteiger partial charge in [-0.3, -0.25) is 9.69 Å². The van der Waals surface area contributed by atoms with Crippen LogP contribution in [-0.2, 0) is 19.4 Å².